The molecule has 6 heteroatoms. The Morgan fingerprint density at radius 2 is 2.25 bits per heavy atom. The van der Waals surface area contributed by atoms with Gasteiger partial charge in [0.25, 0.3) is 0 Å². The lowest BCUT2D eigenvalue weighted by molar-refractivity contribution is -0.117. The SMILES string of the molecule is CC1CCN(CC(=O)Nc2cccc(Cl)c2Cl)CC1N. The number of halogens is 2. The van der Waals surface area contributed by atoms with E-state index in [-0.39, 0.29) is 11.9 Å². The van der Waals surface area contributed by atoms with Gasteiger partial charge in [-0.05, 0) is 31.0 Å². The molecule has 1 saturated heterocycles. The van der Waals surface area contributed by atoms with Gasteiger partial charge in [0.15, 0.2) is 0 Å². The van der Waals surface area contributed by atoms with Gasteiger partial charge in [-0.1, -0.05) is 36.2 Å². The fourth-order valence-electron chi connectivity index (χ4n) is 2.31. The third kappa shape index (κ3) is 3.85. The maximum absolute atomic E-state index is 12.0. The number of rotatable bonds is 3. The first-order chi connectivity index (χ1) is 9.47. The van der Waals surface area contributed by atoms with Crippen LogP contribution in [0.4, 0.5) is 5.69 Å². The minimum Gasteiger partial charge on any atom is -0.326 e. The lowest BCUT2D eigenvalue weighted by atomic mass is 9.94. The summed E-state index contributed by atoms with van der Waals surface area (Å²) in [5, 5.41) is 3.58. The first-order valence-corrected chi connectivity index (χ1v) is 7.44. The molecule has 4 nitrogen and oxygen atoms in total. The molecule has 2 rings (SSSR count). The summed E-state index contributed by atoms with van der Waals surface area (Å²) >= 11 is 12.0. The minimum atomic E-state index is -0.101. The standard InChI is InChI=1S/C14H19Cl2N3O/c1-9-5-6-19(7-11(9)17)8-13(20)18-12-4-2-3-10(15)14(12)16/h2-4,9,11H,5-8,17H2,1H3,(H,18,20). The Hall–Kier alpha value is -0.810. The molecule has 1 heterocycles. The fourth-order valence-corrected chi connectivity index (χ4v) is 2.65. The molecule has 1 aromatic carbocycles. The number of benzene rings is 1. The smallest absolute Gasteiger partial charge is 0.238 e. The number of likely N-dealkylation sites (tertiary alicyclic amines) is 1. The van der Waals surface area contributed by atoms with Crippen molar-refractivity contribution in [1.29, 1.82) is 0 Å². The molecule has 110 valence electrons. The van der Waals surface area contributed by atoms with Gasteiger partial charge in [-0.3, -0.25) is 9.69 Å². The zero-order valence-corrected chi connectivity index (χ0v) is 12.9. The number of hydrogen-bond donors (Lipinski definition) is 2. The van der Waals surface area contributed by atoms with Crippen molar-refractivity contribution in [3.63, 3.8) is 0 Å². The fraction of sp³-hybridized carbons (Fsp3) is 0.500. The van der Waals surface area contributed by atoms with Gasteiger partial charge >= 0.3 is 0 Å². The molecular formula is C14H19Cl2N3O. The Bertz CT molecular complexity index is 495. The number of carbonyl (C=O) groups excluding carboxylic acids is 1. The maximum Gasteiger partial charge on any atom is 0.238 e. The van der Waals surface area contributed by atoms with Crippen LogP contribution in [0.5, 0.6) is 0 Å². The highest BCUT2D eigenvalue weighted by Gasteiger charge is 2.24. The van der Waals surface area contributed by atoms with Crippen molar-refractivity contribution in [1.82, 2.24) is 4.90 Å². The van der Waals surface area contributed by atoms with E-state index < -0.39 is 0 Å². The summed E-state index contributed by atoms with van der Waals surface area (Å²) in [7, 11) is 0. The van der Waals surface area contributed by atoms with Crippen LogP contribution < -0.4 is 11.1 Å². The third-order valence-corrected chi connectivity index (χ3v) is 4.51. The van der Waals surface area contributed by atoms with Crippen LogP contribution in [0.15, 0.2) is 18.2 Å². The summed E-state index contributed by atoms with van der Waals surface area (Å²) < 4.78 is 0. The number of hydrogen-bond acceptors (Lipinski definition) is 3. The van der Waals surface area contributed by atoms with E-state index in [0.717, 1.165) is 19.5 Å². The van der Waals surface area contributed by atoms with Crippen LogP contribution in [0.3, 0.4) is 0 Å². The van der Waals surface area contributed by atoms with Crippen molar-refractivity contribution >= 4 is 34.8 Å². The number of nitrogens with zero attached hydrogens (tertiary/aromatic N) is 1. The Morgan fingerprint density at radius 3 is 2.95 bits per heavy atom. The second-order valence-corrected chi connectivity index (χ2v) is 6.10. The van der Waals surface area contributed by atoms with Crippen LogP contribution in [-0.4, -0.2) is 36.5 Å². The Morgan fingerprint density at radius 1 is 1.50 bits per heavy atom. The van der Waals surface area contributed by atoms with Crippen molar-refractivity contribution in [2.75, 3.05) is 25.0 Å². The van der Waals surface area contributed by atoms with Crippen molar-refractivity contribution in [3.05, 3.63) is 28.2 Å². The molecule has 20 heavy (non-hydrogen) atoms. The molecule has 0 radical (unpaired) electrons. The van der Waals surface area contributed by atoms with Crippen LogP contribution in [0, 0.1) is 5.92 Å². The summed E-state index contributed by atoms with van der Waals surface area (Å²) in [6.07, 6.45) is 1.02. The van der Waals surface area contributed by atoms with Gasteiger partial charge in [0, 0.05) is 12.6 Å². The topological polar surface area (TPSA) is 58.4 Å². The van der Waals surface area contributed by atoms with E-state index in [1.165, 1.54) is 0 Å². The van der Waals surface area contributed by atoms with Crippen molar-refractivity contribution in [2.24, 2.45) is 11.7 Å². The van der Waals surface area contributed by atoms with E-state index in [9.17, 15) is 4.79 Å². The monoisotopic (exact) mass is 315 g/mol. The largest absolute Gasteiger partial charge is 0.326 e. The summed E-state index contributed by atoms with van der Waals surface area (Å²) in [6.45, 7) is 4.11. The number of amides is 1. The highest BCUT2D eigenvalue weighted by molar-refractivity contribution is 6.43. The zero-order chi connectivity index (χ0) is 14.7. The number of anilines is 1. The van der Waals surface area contributed by atoms with Crippen molar-refractivity contribution in [3.8, 4) is 0 Å². The lowest BCUT2D eigenvalue weighted by Crippen LogP contribution is -2.49. The van der Waals surface area contributed by atoms with Crippen LogP contribution in [0.2, 0.25) is 10.0 Å². The van der Waals surface area contributed by atoms with Crippen molar-refractivity contribution < 1.29 is 4.79 Å². The molecule has 0 bridgehead atoms. The molecule has 1 aliphatic rings. The lowest BCUT2D eigenvalue weighted by Gasteiger charge is -2.34. The van der Waals surface area contributed by atoms with Crippen LogP contribution in [-0.2, 0) is 4.79 Å². The van der Waals surface area contributed by atoms with Gasteiger partial charge in [0.1, 0.15) is 0 Å². The molecule has 1 aromatic rings. The van der Waals surface area contributed by atoms with E-state index >= 15 is 0 Å². The predicted molar refractivity (Wildman–Crippen MR) is 83.3 cm³/mol. The third-order valence-electron chi connectivity index (χ3n) is 3.69. The van der Waals surface area contributed by atoms with E-state index in [1.807, 2.05) is 0 Å². The van der Waals surface area contributed by atoms with Gasteiger partial charge in [-0.25, -0.2) is 0 Å². The van der Waals surface area contributed by atoms with Crippen LogP contribution in [0.25, 0.3) is 0 Å². The van der Waals surface area contributed by atoms with Crippen LogP contribution in [0.1, 0.15) is 13.3 Å². The average molecular weight is 316 g/mol. The maximum atomic E-state index is 12.0. The van der Waals surface area contributed by atoms with E-state index in [4.69, 9.17) is 28.9 Å². The number of nitrogens with one attached hydrogen (secondary N) is 1. The molecule has 0 aromatic heterocycles. The zero-order valence-electron chi connectivity index (χ0n) is 11.4. The summed E-state index contributed by atoms with van der Waals surface area (Å²) in [4.78, 5) is 14.1. The number of piperidine rings is 1. The minimum absolute atomic E-state index is 0.101. The summed E-state index contributed by atoms with van der Waals surface area (Å²) in [6, 6.07) is 5.30. The molecule has 1 aliphatic heterocycles. The normalized spacial score (nSPS) is 23.6. The Kier molecular flexibility index (Phi) is 5.27. The highest BCUT2D eigenvalue weighted by Crippen LogP contribution is 2.29. The molecule has 0 saturated carbocycles. The van der Waals surface area contributed by atoms with Gasteiger partial charge in [-0.15, -0.1) is 0 Å². The van der Waals surface area contributed by atoms with E-state index in [0.29, 0.717) is 28.2 Å². The first kappa shape index (κ1) is 15.6. The average Bonchev–Trinajstić information content (AvgIpc) is 2.39. The number of nitrogens with two attached hydrogens (primary N) is 1. The van der Waals surface area contributed by atoms with E-state index in [2.05, 4.69) is 17.1 Å². The molecule has 2 unspecified atom stereocenters. The Labute approximate surface area is 129 Å². The van der Waals surface area contributed by atoms with Gasteiger partial charge < -0.3 is 11.1 Å². The molecule has 3 N–H and O–H groups in total. The second kappa shape index (κ2) is 6.76. The highest BCUT2D eigenvalue weighted by atomic mass is 35.5. The van der Waals surface area contributed by atoms with Gasteiger partial charge in [-0.2, -0.15) is 0 Å². The number of carbonyl (C=O) groups is 1. The quantitative estimate of drug-likeness (QED) is 0.901. The molecule has 0 aliphatic carbocycles. The summed E-state index contributed by atoms with van der Waals surface area (Å²) in [5.74, 6) is 0.410. The summed E-state index contributed by atoms with van der Waals surface area (Å²) in [5.41, 5.74) is 6.57. The second-order valence-electron chi connectivity index (χ2n) is 5.31. The molecule has 2 atom stereocenters. The first-order valence-electron chi connectivity index (χ1n) is 6.69. The molecule has 0 spiro atoms. The predicted octanol–water partition coefficient (Wildman–Crippen LogP) is 2.60. The molecule has 1 amide bonds. The van der Waals surface area contributed by atoms with Crippen LogP contribution >= 0.6 is 23.2 Å². The Balaban J connectivity index is 1.91. The van der Waals surface area contributed by atoms with Gasteiger partial charge in [0.05, 0.1) is 22.3 Å². The van der Waals surface area contributed by atoms with E-state index in [1.54, 1.807) is 18.2 Å². The van der Waals surface area contributed by atoms with Gasteiger partial charge in [0.2, 0.25) is 5.91 Å². The molecular weight excluding hydrogens is 297 g/mol. The molecule has 1 fully saturated rings. The van der Waals surface area contributed by atoms with Crippen molar-refractivity contribution in [2.45, 2.75) is 19.4 Å².